The molecule has 0 spiro atoms. The number of nitrogens with zero attached hydrogens (tertiary/aromatic N) is 2. The van der Waals surface area contributed by atoms with Crippen LogP contribution in [-0.4, -0.2) is 16.5 Å². The van der Waals surface area contributed by atoms with Crippen LogP contribution in [0.4, 0.5) is 0 Å². The highest BCUT2D eigenvalue weighted by Crippen LogP contribution is 2.20. The Bertz CT molecular complexity index is 436. The maximum Gasteiger partial charge on any atom is 0.0947 e. The van der Waals surface area contributed by atoms with Crippen molar-refractivity contribution in [1.82, 2.24) is 15.3 Å². The number of hydrogen-bond acceptors (Lipinski definition) is 5. The molecule has 2 heterocycles. The van der Waals surface area contributed by atoms with Gasteiger partial charge in [0.1, 0.15) is 0 Å². The van der Waals surface area contributed by atoms with Crippen molar-refractivity contribution in [2.24, 2.45) is 0 Å². The van der Waals surface area contributed by atoms with Crippen molar-refractivity contribution < 1.29 is 0 Å². The molecule has 1 unspecified atom stereocenters. The van der Waals surface area contributed by atoms with Crippen molar-refractivity contribution in [1.29, 1.82) is 0 Å². The third-order valence-corrected chi connectivity index (χ3v) is 4.09. The zero-order chi connectivity index (χ0) is 12.1. The van der Waals surface area contributed by atoms with Crippen LogP contribution in [0.5, 0.6) is 0 Å². The van der Waals surface area contributed by atoms with E-state index in [1.54, 1.807) is 22.7 Å². The van der Waals surface area contributed by atoms with E-state index in [1.165, 1.54) is 5.01 Å². The van der Waals surface area contributed by atoms with Gasteiger partial charge in [-0.2, -0.15) is 0 Å². The zero-order valence-corrected chi connectivity index (χ0v) is 11.8. The number of aromatic nitrogens is 2. The van der Waals surface area contributed by atoms with Crippen LogP contribution in [0.2, 0.25) is 0 Å². The molecule has 5 heteroatoms. The van der Waals surface area contributed by atoms with Crippen LogP contribution >= 0.6 is 22.7 Å². The summed E-state index contributed by atoms with van der Waals surface area (Å²) in [5.74, 6) is 0. The Morgan fingerprint density at radius 1 is 1.41 bits per heavy atom. The van der Waals surface area contributed by atoms with Gasteiger partial charge in [-0.3, -0.25) is 0 Å². The second-order valence-corrected chi connectivity index (χ2v) is 5.67. The molecule has 2 rings (SSSR count). The van der Waals surface area contributed by atoms with Crippen LogP contribution in [0.15, 0.2) is 16.3 Å². The minimum absolute atomic E-state index is 0.298. The van der Waals surface area contributed by atoms with Gasteiger partial charge in [-0.25, -0.2) is 9.97 Å². The second kappa shape index (κ2) is 6.23. The molecule has 0 radical (unpaired) electrons. The van der Waals surface area contributed by atoms with Crippen LogP contribution in [-0.2, 0) is 6.42 Å². The number of hydrogen-bond donors (Lipinski definition) is 1. The van der Waals surface area contributed by atoms with E-state index in [2.05, 4.69) is 33.0 Å². The van der Waals surface area contributed by atoms with Gasteiger partial charge in [-0.05, 0) is 19.9 Å². The molecule has 3 nitrogen and oxygen atoms in total. The third-order valence-electron chi connectivity index (χ3n) is 2.49. The van der Waals surface area contributed by atoms with Gasteiger partial charge in [0.15, 0.2) is 0 Å². The normalized spacial score (nSPS) is 12.8. The van der Waals surface area contributed by atoms with Gasteiger partial charge in [-0.1, -0.05) is 6.92 Å². The molecule has 0 saturated carbocycles. The Kier molecular flexibility index (Phi) is 4.65. The molecular weight excluding hydrogens is 250 g/mol. The van der Waals surface area contributed by atoms with Crippen LogP contribution < -0.4 is 5.32 Å². The molecule has 0 aliphatic heterocycles. The first-order valence-corrected chi connectivity index (χ1v) is 7.64. The average molecular weight is 267 g/mol. The van der Waals surface area contributed by atoms with E-state index in [4.69, 9.17) is 0 Å². The predicted molar refractivity (Wildman–Crippen MR) is 73.7 cm³/mol. The highest BCUT2D eigenvalue weighted by Gasteiger charge is 2.15. The van der Waals surface area contributed by atoms with E-state index in [0.717, 1.165) is 30.8 Å². The Hall–Kier alpha value is -0.780. The first-order chi connectivity index (χ1) is 8.29. The van der Waals surface area contributed by atoms with Crippen LogP contribution in [0.25, 0.3) is 0 Å². The van der Waals surface area contributed by atoms with Crippen molar-refractivity contribution in [3.8, 4) is 0 Å². The molecule has 1 N–H and O–H groups in total. The molecule has 17 heavy (non-hydrogen) atoms. The molecule has 0 fully saturated rings. The Morgan fingerprint density at radius 3 is 2.88 bits per heavy atom. The fourth-order valence-corrected chi connectivity index (χ4v) is 3.09. The van der Waals surface area contributed by atoms with E-state index < -0.39 is 0 Å². The van der Waals surface area contributed by atoms with E-state index in [1.807, 2.05) is 12.4 Å². The van der Waals surface area contributed by atoms with Crippen molar-refractivity contribution in [2.75, 3.05) is 6.54 Å². The summed E-state index contributed by atoms with van der Waals surface area (Å²) in [5.41, 5.74) is 4.14. The first kappa shape index (κ1) is 12.7. The summed E-state index contributed by atoms with van der Waals surface area (Å²) >= 11 is 3.38. The lowest BCUT2D eigenvalue weighted by Crippen LogP contribution is -2.24. The number of aryl methyl sites for hydroxylation is 1. The maximum atomic E-state index is 4.52. The van der Waals surface area contributed by atoms with Crippen LogP contribution in [0.3, 0.4) is 0 Å². The summed E-state index contributed by atoms with van der Waals surface area (Å²) in [6.07, 6.45) is 2.07. The van der Waals surface area contributed by atoms with Crippen LogP contribution in [0.1, 0.15) is 35.8 Å². The van der Waals surface area contributed by atoms with Gasteiger partial charge in [0.25, 0.3) is 0 Å². The summed E-state index contributed by atoms with van der Waals surface area (Å²) in [6, 6.07) is 0.298. The van der Waals surface area contributed by atoms with Gasteiger partial charge < -0.3 is 5.32 Å². The topological polar surface area (TPSA) is 37.8 Å². The van der Waals surface area contributed by atoms with Crippen molar-refractivity contribution in [2.45, 2.75) is 32.7 Å². The summed E-state index contributed by atoms with van der Waals surface area (Å²) in [4.78, 5) is 8.93. The molecule has 0 saturated heterocycles. The minimum Gasteiger partial charge on any atom is -0.308 e. The van der Waals surface area contributed by atoms with E-state index >= 15 is 0 Å². The maximum absolute atomic E-state index is 4.52. The highest BCUT2D eigenvalue weighted by atomic mass is 32.1. The SMILES string of the molecule is CCCNC(Cc1nc(C)cs1)c1cscn1. The summed E-state index contributed by atoms with van der Waals surface area (Å²) < 4.78 is 0. The van der Waals surface area contributed by atoms with E-state index in [0.29, 0.717) is 6.04 Å². The lowest BCUT2D eigenvalue weighted by molar-refractivity contribution is 0.519. The number of thiazole rings is 2. The van der Waals surface area contributed by atoms with Gasteiger partial charge in [0.05, 0.1) is 22.3 Å². The van der Waals surface area contributed by atoms with Gasteiger partial charge >= 0.3 is 0 Å². The molecule has 0 aromatic carbocycles. The fourth-order valence-electron chi connectivity index (χ4n) is 1.66. The monoisotopic (exact) mass is 267 g/mol. The van der Waals surface area contributed by atoms with E-state index in [9.17, 15) is 0 Å². The van der Waals surface area contributed by atoms with Crippen molar-refractivity contribution in [3.05, 3.63) is 32.7 Å². The van der Waals surface area contributed by atoms with Crippen molar-refractivity contribution >= 4 is 22.7 Å². The van der Waals surface area contributed by atoms with Gasteiger partial charge in [0.2, 0.25) is 0 Å². The van der Waals surface area contributed by atoms with Gasteiger partial charge in [-0.15, -0.1) is 22.7 Å². The average Bonchev–Trinajstić information content (AvgIpc) is 2.95. The van der Waals surface area contributed by atoms with E-state index in [-0.39, 0.29) is 0 Å². The number of nitrogens with one attached hydrogen (secondary N) is 1. The quantitative estimate of drug-likeness (QED) is 0.873. The van der Waals surface area contributed by atoms with Crippen molar-refractivity contribution in [3.63, 3.8) is 0 Å². The smallest absolute Gasteiger partial charge is 0.0947 e. The molecule has 0 aliphatic rings. The molecule has 0 bridgehead atoms. The third kappa shape index (κ3) is 3.59. The lowest BCUT2D eigenvalue weighted by atomic mass is 10.1. The molecule has 92 valence electrons. The standard InChI is InChI=1S/C12H17N3S2/c1-3-4-13-10(11-7-16-8-14-11)5-12-15-9(2)6-17-12/h6-8,10,13H,3-5H2,1-2H3. The molecule has 2 aromatic rings. The number of rotatable bonds is 6. The fraction of sp³-hybridized carbons (Fsp3) is 0.500. The Labute approximate surface area is 110 Å². The highest BCUT2D eigenvalue weighted by molar-refractivity contribution is 7.09. The first-order valence-electron chi connectivity index (χ1n) is 5.82. The lowest BCUT2D eigenvalue weighted by Gasteiger charge is -2.14. The second-order valence-electron chi connectivity index (χ2n) is 4.01. The summed E-state index contributed by atoms with van der Waals surface area (Å²) in [7, 11) is 0. The predicted octanol–water partition coefficient (Wildman–Crippen LogP) is 3.19. The Balaban J connectivity index is 2.05. The Morgan fingerprint density at radius 2 is 2.29 bits per heavy atom. The summed E-state index contributed by atoms with van der Waals surface area (Å²) in [6.45, 7) is 5.24. The molecular formula is C12H17N3S2. The largest absolute Gasteiger partial charge is 0.308 e. The van der Waals surface area contributed by atoms with Crippen LogP contribution in [0, 0.1) is 6.92 Å². The molecule has 1 atom stereocenters. The zero-order valence-electron chi connectivity index (χ0n) is 10.1. The molecule has 0 aliphatic carbocycles. The van der Waals surface area contributed by atoms with Gasteiger partial charge in [0, 0.05) is 22.9 Å². The molecule has 0 amide bonds. The summed E-state index contributed by atoms with van der Waals surface area (Å²) in [5, 5.41) is 8.95. The minimum atomic E-state index is 0.298. The molecule has 2 aromatic heterocycles.